The van der Waals surface area contributed by atoms with Crippen molar-refractivity contribution in [2.45, 2.75) is 62.6 Å². The molecule has 7 N–H and O–H groups in total. The predicted molar refractivity (Wildman–Crippen MR) is 197 cm³/mol. The number of carbonyl (C=O) groups is 1. The number of aryl methyl sites for hydroxylation is 2. The zero-order chi connectivity index (χ0) is 37.0. The Hall–Kier alpha value is -5.52. The third-order valence-electron chi connectivity index (χ3n) is 10.2. The number of aliphatic hydroxyl groups excluding tert-OH is 2. The van der Waals surface area contributed by atoms with Crippen LogP contribution in [0.15, 0.2) is 85.1 Å². The van der Waals surface area contributed by atoms with E-state index >= 15 is 0 Å². The minimum Gasteiger partial charge on any atom is -0.508 e. The van der Waals surface area contributed by atoms with Gasteiger partial charge in [0.25, 0.3) is 0 Å². The molecule has 6 rings (SSSR count). The van der Waals surface area contributed by atoms with Crippen molar-refractivity contribution < 1.29 is 44.9 Å². The summed E-state index contributed by atoms with van der Waals surface area (Å²) in [6, 6.07) is 22.5. The minimum absolute atomic E-state index is 0.000680. The molecule has 0 bridgehead atoms. The van der Waals surface area contributed by atoms with Crippen molar-refractivity contribution in [3.8, 4) is 34.5 Å². The third-order valence-corrected chi connectivity index (χ3v) is 10.2. The lowest BCUT2D eigenvalue weighted by Crippen LogP contribution is -2.46. The topological polar surface area (TPSA) is 182 Å². The van der Waals surface area contributed by atoms with Crippen LogP contribution in [-0.4, -0.2) is 67.8 Å². The van der Waals surface area contributed by atoms with E-state index in [1.807, 2.05) is 36.4 Å². The number of hydrogen-bond donors (Lipinski definition) is 7. The second-order valence-electron chi connectivity index (χ2n) is 13.6. The fraction of sp³-hybridized carbons (Fsp3) is 0.317. The normalized spacial score (nSPS) is 18.2. The maximum Gasteiger partial charge on any atom is 0.200 e. The molecule has 0 amide bonds. The van der Waals surface area contributed by atoms with Gasteiger partial charge in [0, 0.05) is 23.7 Å². The lowest BCUT2D eigenvalue weighted by Gasteiger charge is -2.40. The van der Waals surface area contributed by atoms with E-state index < -0.39 is 23.5 Å². The Labute approximate surface area is 301 Å². The first-order valence-electron chi connectivity index (χ1n) is 17.3. The number of methoxy groups -OCH3 is 2. The third kappa shape index (κ3) is 7.70. The Bertz CT molecular complexity index is 2070. The summed E-state index contributed by atoms with van der Waals surface area (Å²) in [5.74, 6) is -0.771. The Morgan fingerprint density at radius 3 is 2.37 bits per heavy atom. The minimum atomic E-state index is -1.11. The van der Waals surface area contributed by atoms with Gasteiger partial charge in [-0.15, -0.1) is 0 Å². The van der Waals surface area contributed by atoms with Gasteiger partial charge in [-0.3, -0.25) is 4.79 Å². The van der Waals surface area contributed by atoms with E-state index in [0.717, 1.165) is 27.6 Å². The van der Waals surface area contributed by atoms with Crippen LogP contribution >= 0.6 is 0 Å². The Kier molecular flexibility index (Phi) is 10.7. The van der Waals surface area contributed by atoms with E-state index in [0.29, 0.717) is 36.4 Å². The van der Waals surface area contributed by atoms with Gasteiger partial charge in [0.05, 0.1) is 32.3 Å². The summed E-state index contributed by atoms with van der Waals surface area (Å²) in [7, 11) is 2.84. The van der Waals surface area contributed by atoms with Gasteiger partial charge >= 0.3 is 0 Å². The average Bonchev–Trinajstić information content (AvgIpc) is 3.53. The van der Waals surface area contributed by atoms with Crippen molar-refractivity contribution in [1.29, 1.82) is 0 Å². The molecule has 4 unspecified atom stereocenters. The molecule has 1 saturated carbocycles. The van der Waals surface area contributed by atoms with Gasteiger partial charge in [0.1, 0.15) is 17.4 Å². The monoisotopic (exact) mass is 708 g/mol. The van der Waals surface area contributed by atoms with Gasteiger partial charge < -0.3 is 45.4 Å². The van der Waals surface area contributed by atoms with Gasteiger partial charge in [-0.1, -0.05) is 18.2 Å². The second kappa shape index (κ2) is 15.4. The number of hydrogen-bond acceptors (Lipinski definition) is 11. The number of nitrogens with zero attached hydrogens (tertiary/aromatic N) is 1. The van der Waals surface area contributed by atoms with E-state index in [2.05, 4.69) is 10.3 Å². The van der Waals surface area contributed by atoms with Crippen molar-refractivity contribution in [2.75, 3.05) is 19.5 Å². The summed E-state index contributed by atoms with van der Waals surface area (Å²) in [6.07, 6.45) is 1.85. The molecule has 4 aromatic carbocycles. The van der Waals surface area contributed by atoms with Crippen LogP contribution in [0, 0.1) is 5.92 Å². The molecular weight excluding hydrogens is 664 g/mol. The fourth-order valence-corrected chi connectivity index (χ4v) is 7.66. The summed E-state index contributed by atoms with van der Waals surface area (Å²) in [6.45, 7) is 0. The molecule has 11 heteroatoms. The Balaban J connectivity index is 1.33. The van der Waals surface area contributed by atoms with E-state index in [-0.39, 0.29) is 60.2 Å². The summed E-state index contributed by atoms with van der Waals surface area (Å²) in [4.78, 5) is 19.1. The molecule has 5 aromatic rings. The molecule has 52 heavy (non-hydrogen) atoms. The first-order valence-corrected chi connectivity index (χ1v) is 17.3. The van der Waals surface area contributed by atoms with Crippen molar-refractivity contribution in [3.05, 3.63) is 102 Å². The number of aliphatic hydroxyl groups is 2. The summed E-state index contributed by atoms with van der Waals surface area (Å²) < 4.78 is 10.5. The molecule has 11 nitrogen and oxygen atoms in total. The second-order valence-corrected chi connectivity index (χ2v) is 13.6. The Morgan fingerprint density at radius 1 is 0.865 bits per heavy atom. The standard InChI is InChI=1S/C41H44N2O9/c1-51-36-18-24(3-10-32(36)46)4-11-33(47)39(34(48)12-5-25-17-35(49)40(50)37(19-25)52-2)41(15-13-31(45)23-41)28-14-16-42-38(22-28)43-29-8-6-27-21-30(44)9-7-26(27)20-29/h3,6-10,14,16-22,31,33,39,44-47,49-50H,4-5,11-13,15,23H2,1-2H3,(H,42,43). The van der Waals surface area contributed by atoms with Crippen LogP contribution in [0.3, 0.4) is 0 Å². The van der Waals surface area contributed by atoms with E-state index in [9.17, 15) is 35.4 Å². The molecule has 0 radical (unpaired) electrons. The van der Waals surface area contributed by atoms with Crippen LogP contribution in [0.25, 0.3) is 10.8 Å². The summed E-state index contributed by atoms with van der Waals surface area (Å²) in [5.41, 5.74) is 1.99. The molecule has 0 aliphatic heterocycles. The number of phenols is 4. The number of nitrogens with one attached hydrogen (secondary N) is 1. The van der Waals surface area contributed by atoms with Crippen LogP contribution in [0.4, 0.5) is 11.5 Å². The van der Waals surface area contributed by atoms with Gasteiger partial charge in [-0.05, 0) is 127 Å². The van der Waals surface area contributed by atoms with E-state index in [1.165, 1.54) is 26.4 Å². The molecule has 1 heterocycles. The molecule has 1 fully saturated rings. The summed E-state index contributed by atoms with van der Waals surface area (Å²) >= 11 is 0. The zero-order valence-corrected chi connectivity index (χ0v) is 29.1. The number of benzene rings is 4. The lowest BCUT2D eigenvalue weighted by atomic mass is 9.64. The number of ketones is 1. The van der Waals surface area contributed by atoms with Crippen molar-refractivity contribution in [1.82, 2.24) is 4.98 Å². The molecule has 1 aliphatic rings. The van der Waals surface area contributed by atoms with Gasteiger partial charge in [0.2, 0.25) is 5.75 Å². The predicted octanol–water partition coefficient (Wildman–Crippen LogP) is 6.41. The number of rotatable bonds is 14. The molecule has 1 aliphatic carbocycles. The number of pyridine rings is 1. The highest BCUT2D eigenvalue weighted by atomic mass is 16.5. The summed E-state index contributed by atoms with van der Waals surface area (Å²) in [5, 5.41) is 68.6. The van der Waals surface area contributed by atoms with E-state index in [1.54, 1.807) is 36.5 Å². The van der Waals surface area contributed by atoms with Crippen molar-refractivity contribution in [2.24, 2.45) is 5.92 Å². The first kappa shape index (κ1) is 36.3. The lowest BCUT2D eigenvalue weighted by molar-refractivity contribution is -0.130. The van der Waals surface area contributed by atoms with Crippen molar-refractivity contribution >= 4 is 28.1 Å². The van der Waals surface area contributed by atoms with Crippen LogP contribution in [-0.2, 0) is 23.1 Å². The molecule has 1 aromatic heterocycles. The van der Waals surface area contributed by atoms with Crippen LogP contribution in [0.5, 0.6) is 34.5 Å². The number of fused-ring (bicyclic) bond motifs is 1. The highest BCUT2D eigenvalue weighted by Gasteiger charge is 2.51. The fourth-order valence-electron chi connectivity index (χ4n) is 7.66. The van der Waals surface area contributed by atoms with Crippen LogP contribution < -0.4 is 14.8 Å². The molecular formula is C41H44N2O9. The quantitative estimate of drug-likeness (QED) is 0.0633. The highest BCUT2D eigenvalue weighted by Crippen LogP contribution is 2.50. The number of ether oxygens (including phenoxy) is 2. The molecule has 4 atom stereocenters. The molecule has 0 spiro atoms. The SMILES string of the molecule is COc1cc(CCC(O)C(C(=O)CCc2cc(O)c(O)c(OC)c2)C2(c3ccnc(Nc4ccc5cc(O)ccc5c4)c3)CCC(O)C2)ccc1O. The molecule has 0 saturated heterocycles. The zero-order valence-electron chi connectivity index (χ0n) is 29.1. The van der Waals surface area contributed by atoms with Crippen LogP contribution in [0.1, 0.15) is 48.8 Å². The highest BCUT2D eigenvalue weighted by molar-refractivity contribution is 5.87. The Morgan fingerprint density at radius 2 is 1.62 bits per heavy atom. The van der Waals surface area contributed by atoms with E-state index in [4.69, 9.17) is 9.47 Å². The number of aromatic hydroxyl groups is 4. The molecule has 272 valence electrons. The number of aromatic nitrogens is 1. The average molecular weight is 709 g/mol. The van der Waals surface area contributed by atoms with Crippen LogP contribution in [0.2, 0.25) is 0 Å². The first-order chi connectivity index (χ1) is 25.0. The van der Waals surface area contributed by atoms with Gasteiger partial charge in [-0.2, -0.15) is 0 Å². The largest absolute Gasteiger partial charge is 0.508 e. The van der Waals surface area contributed by atoms with Gasteiger partial charge in [0.15, 0.2) is 23.0 Å². The number of Topliss-reactive ketones (excluding diaryl/α,β-unsaturated/α-hetero) is 1. The number of phenolic OH excluding ortho intramolecular Hbond substituents is 4. The smallest absolute Gasteiger partial charge is 0.200 e. The maximum atomic E-state index is 14.5. The number of anilines is 2. The van der Waals surface area contributed by atoms with Gasteiger partial charge in [-0.25, -0.2) is 4.98 Å². The van der Waals surface area contributed by atoms with Crippen molar-refractivity contribution in [3.63, 3.8) is 0 Å². The maximum absolute atomic E-state index is 14.5. The number of carbonyl (C=O) groups excluding carboxylic acids is 1.